The molecule has 5 nitrogen and oxygen atoms in total. The van der Waals surface area contributed by atoms with Crippen LogP contribution in [-0.4, -0.2) is 24.8 Å². The van der Waals surface area contributed by atoms with Crippen molar-refractivity contribution in [2.24, 2.45) is 5.73 Å². The molecule has 0 aromatic heterocycles. The summed E-state index contributed by atoms with van der Waals surface area (Å²) in [5.74, 6) is 0.490. The van der Waals surface area contributed by atoms with Crippen LogP contribution in [0.3, 0.4) is 0 Å². The Labute approximate surface area is 121 Å². The lowest BCUT2D eigenvalue weighted by Gasteiger charge is -2.20. The highest BCUT2D eigenvalue weighted by Crippen LogP contribution is 2.30. The summed E-state index contributed by atoms with van der Waals surface area (Å²) in [5.41, 5.74) is 6.59. The Morgan fingerprint density at radius 3 is 2.40 bits per heavy atom. The Hall–Kier alpha value is -1.16. The van der Waals surface area contributed by atoms with E-state index in [1.54, 1.807) is 6.92 Å². The summed E-state index contributed by atoms with van der Waals surface area (Å²) in [6.45, 7) is 7.84. The van der Waals surface area contributed by atoms with Gasteiger partial charge in [-0.3, -0.25) is 9.88 Å². The molecule has 1 rings (SSSR count). The lowest BCUT2D eigenvalue weighted by Crippen LogP contribution is -2.34. The third-order valence-corrected chi connectivity index (χ3v) is 3.72. The summed E-state index contributed by atoms with van der Waals surface area (Å²) in [4.78, 5) is 11.7. The molecule has 0 spiro atoms. The molecule has 0 radical (unpaired) electrons. The van der Waals surface area contributed by atoms with Crippen molar-refractivity contribution in [1.82, 2.24) is 5.09 Å². The van der Waals surface area contributed by atoms with Gasteiger partial charge in [0.1, 0.15) is 11.8 Å². The second kappa shape index (κ2) is 8.20. The highest BCUT2D eigenvalue weighted by Gasteiger charge is 2.18. The number of rotatable bonds is 7. The summed E-state index contributed by atoms with van der Waals surface area (Å²) in [5, 5.41) is 3.11. The predicted octanol–water partition coefficient (Wildman–Crippen LogP) is 2.40. The molecule has 6 heteroatoms. The highest BCUT2D eigenvalue weighted by molar-refractivity contribution is 7.49. The fourth-order valence-corrected chi connectivity index (χ4v) is 2.67. The van der Waals surface area contributed by atoms with E-state index in [9.17, 15) is 4.79 Å². The number of esters is 1. The van der Waals surface area contributed by atoms with Gasteiger partial charge in [-0.25, -0.2) is 0 Å². The number of carbonyl (C=O) groups is 1. The van der Waals surface area contributed by atoms with Crippen molar-refractivity contribution in [3.63, 3.8) is 0 Å². The Balaban J connectivity index is 2.45. The van der Waals surface area contributed by atoms with Crippen LogP contribution in [0.15, 0.2) is 24.3 Å². The number of hydrogen-bond donors (Lipinski definition) is 2. The molecular weight excluding hydrogens is 275 g/mol. The summed E-state index contributed by atoms with van der Waals surface area (Å²) >= 11 is 0. The fraction of sp³-hybridized carbons (Fsp3) is 0.500. The van der Waals surface area contributed by atoms with Crippen molar-refractivity contribution in [1.29, 1.82) is 0 Å². The molecule has 20 heavy (non-hydrogen) atoms. The maximum absolute atomic E-state index is 11.7. The van der Waals surface area contributed by atoms with Crippen molar-refractivity contribution in [3.8, 4) is 5.75 Å². The quantitative estimate of drug-likeness (QED) is 0.597. The lowest BCUT2D eigenvalue weighted by molar-refractivity contribution is -0.148. The van der Waals surface area contributed by atoms with E-state index in [1.165, 1.54) is 0 Å². The van der Waals surface area contributed by atoms with Gasteiger partial charge < -0.3 is 15.0 Å². The summed E-state index contributed by atoms with van der Waals surface area (Å²) in [7, 11) is -0.950. The highest BCUT2D eigenvalue weighted by atomic mass is 31.2. The van der Waals surface area contributed by atoms with Crippen LogP contribution in [0.1, 0.15) is 26.3 Å². The zero-order chi connectivity index (χ0) is 15.1. The smallest absolute Gasteiger partial charge is 0.323 e. The molecule has 1 aromatic carbocycles. The molecule has 112 valence electrons. The zero-order valence-electron chi connectivity index (χ0n) is 12.4. The molecule has 0 fully saturated rings. The molecule has 0 aliphatic carbocycles. The van der Waals surface area contributed by atoms with E-state index in [0.29, 0.717) is 6.54 Å². The molecule has 2 atom stereocenters. The summed E-state index contributed by atoms with van der Waals surface area (Å²) < 4.78 is 10.9. The van der Waals surface area contributed by atoms with Crippen LogP contribution in [0.25, 0.3) is 0 Å². The minimum atomic E-state index is -0.950. The van der Waals surface area contributed by atoms with Crippen molar-refractivity contribution in [3.05, 3.63) is 29.8 Å². The topological polar surface area (TPSA) is 73.6 Å². The van der Waals surface area contributed by atoms with E-state index in [-0.39, 0.29) is 12.1 Å². The fourth-order valence-electron chi connectivity index (χ4n) is 1.53. The van der Waals surface area contributed by atoms with Crippen LogP contribution in [0.4, 0.5) is 0 Å². The minimum Gasteiger partial charge on any atom is -0.462 e. The summed E-state index contributed by atoms with van der Waals surface area (Å²) in [6, 6.07) is 7.21. The van der Waals surface area contributed by atoms with Gasteiger partial charge >= 0.3 is 5.97 Å². The molecule has 2 unspecified atom stereocenters. The normalized spacial score (nSPS) is 13.9. The van der Waals surface area contributed by atoms with Crippen molar-refractivity contribution < 1.29 is 14.1 Å². The Morgan fingerprint density at radius 2 is 1.90 bits per heavy atom. The van der Waals surface area contributed by atoms with E-state index in [4.69, 9.17) is 15.0 Å². The first-order chi connectivity index (χ1) is 9.42. The van der Waals surface area contributed by atoms with Gasteiger partial charge in [-0.1, -0.05) is 12.1 Å². The number of benzene rings is 1. The molecule has 0 saturated carbocycles. The van der Waals surface area contributed by atoms with Gasteiger partial charge in [-0.05, 0) is 38.5 Å². The lowest BCUT2D eigenvalue weighted by atomic mass is 10.2. The van der Waals surface area contributed by atoms with Crippen LogP contribution in [0.2, 0.25) is 0 Å². The van der Waals surface area contributed by atoms with Gasteiger partial charge in [0.25, 0.3) is 0 Å². The zero-order valence-corrected chi connectivity index (χ0v) is 13.3. The Bertz CT molecular complexity index is 423. The third-order valence-electron chi connectivity index (χ3n) is 2.48. The number of nitrogens with one attached hydrogen (secondary N) is 1. The first kappa shape index (κ1) is 16.9. The summed E-state index contributed by atoms with van der Waals surface area (Å²) in [6.07, 6.45) is -0.112. The number of ether oxygens (including phenoxy) is 1. The largest absolute Gasteiger partial charge is 0.462 e. The van der Waals surface area contributed by atoms with Crippen LogP contribution in [0, 0.1) is 0 Å². The second-order valence-corrected chi connectivity index (χ2v) is 6.21. The molecule has 0 aliphatic rings. The first-order valence-corrected chi connectivity index (χ1v) is 8.30. The van der Waals surface area contributed by atoms with Crippen molar-refractivity contribution in [2.75, 3.05) is 6.66 Å². The second-order valence-electron chi connectivity index (χ2n) is 4.77. The van der Waals surface area contributed by atoms with E-state index in [0.717, 1.165) is 11.3 Å². The van der Waals surface area contributed by atoms with Crippen LogP contribution in [-0.2, 0) is 16.1 Å². The van der Waals surface area contributed by atoms with Gasteiger partial charge in [-0.15, -0.1) is 0 Å². The average Bonchev–Trinajstić information content (AvgIpc) is 2.38. The standard InChI is InChI=1S/C14H23N2O3P/c1-10(2)18-14(17)11(3)16-20(4)19-13-7-5-12(9-15)6-8-13/h5-8,10-11,16H,9,15H2,1-4H3. The molecule has 0 heterocycles. The Kier molecular flexibility index (Phi) is 6.93. The van der Waals surface area contributed by atoms with E-state index in [1.807, 2.05) is 44.8 Å². The van der Waals surface area contributed by atoms with Gasteiger partial charge in [0.2, 0.25) is 0 Å². The molecule has 0 amide bonds. The van der Waals surface area contributed by atoms with E-state index in [2.05, 4.69) is 5.09 Å². The monoisotopic (exact) mass is 298 g/mol. The van der Waals surface area contributed by atoms with Crippen LogP contribution >= 0.6 is 8.30 Å². The first-order valence-electron chi connectivity index (χ1n) is 6.59. The van der Waals surface area contributed by atoms with E-state index >= 15 is 0 Å². The molecular formula is C14H23N2O3P. The predicted molar refractivity (Wildman–Crippen MR) is 81.6 cm³/mol. The third kappa shape index (κ3) is 5.87. The molecule has 3 N–H and O–H groups in total. The van der Waals surface area contributed by atoms with Gasteiger partial charge in [0.15, 0.2) is 8.30 Å². The van der Waals surface area contributed by atoms with Crippen LogP contribution in [0.5, 0.6) is 5.75 Å². The SMILES string of the molecule is CC(C)OC(=O)C(C)NP(C)Oc1ccc(CN)cc1. The van der Waals surface area contributed by atoms with Crippen LogP contribution < -0.4 is 15.3 Å². The molecule has 0 saturated heterocycles. The number of carbonyl (C=O) groups excluding carboxylic acids is 1. The maximum Gasteiger partial charge on any atom is 0.323 e. The average molecular weight is 298 g/mol. The van der Waals surface area contributed by atoms with Gasteiger partial charge in [0, 0.05) is 13.2 Å². The van der Waals surface area contributed by atoms with Crippen molar-refractivity contribution >= 4 is 14.3 Å². The molecule has 0 bridgehead atoms. The molecule has 0 aliphatic heterocycles. The Morgan fingerprint density at radius 1 is 1.30 bits per heavy atom. The number of nitrogens with two attached hydrogens (primary N) is 1. The number of hydrogen-bond acceptors (Lipinski definition) is 5. The maximum atomic E-state index is 11.7. The minimum absolute atomic E-state index is 0.112. The van der Waals surface area contributed by atoms with Gasteiger partial charge in [0.05, 0.1) is 6.10 Å². The van der Waals surface area contributed by atoms with Crippen molar-refractivity contribution in [2.45, 2.75) is 39.5 Å². The molecule has 1 aromatic rings. The van der Waals surface area contributed by atoms with E-state index < -0.39 is 14.3 Å². The van der Waals surface area contributed by atoms with Gasteiger partial charge in [-0.2, -0.15) is 0 Å².